The SMILES string of the molecule is C[C@@H]1O[C@H](OC2=c3c(Cl)c(Br)ccc3=NC2)[C@H](O)[C@@H](O)[C@H]1O. The first kappa shape index (κ1) is 16.2. The van der Waals surface area contributed by atoms with Gasteiger partial charge >= 0.3 is 0 Å². The minimum absolute atomic E-state index is 0.269. The number of ether oxygens (including phenoxy) is 2. The van der Waals surface area contributed by atoms with E-state index >= 15 is 0 Å². The Kier molecular flexibility index (Phi) is 4.46. The smallest absolute Gasteiger partial charge is 0.228 e. The number of nitrogens with zero attached hydrogens (tertiary/aromatic N) is 1. The Morgan fingerprint density at radius 3 is 2.73 bits per heavy atom. The predicted molar refractivity (Wildman–Crippen MR) is 81.6 cm³/mol. The summed E-state index contributed by atoms with van der Waals surface area (Å²) in [5.74, 6) is 0.459. The summed E-state index contributed by atoms with van der Waals surface area (Å²) in [5.41, 5.74) is 0. The molecule has 1 aromatic carbocycles. The van der Waals surface area contributed by atoms with E-state index in [1.807, 2.05) is 0 Å². The summed E-state index contributed by atoms with van der Waals surface area (Å²) in [7, 11) is 0. The molecule has 0 saturated carbocycles. The molecule has 1 aromatic rings. The van der Waals surface area contributed by atoms with Crippen LogP contribution in [0.5, 0.6) is 0 Å². The molecule has 3 rings (SSSR count). The maximum absolute atomic E-state index is 10.0. The Bertz CT molecular complexity index is 712. The van der Waals surface area contributed by atoms with Gasteiger partial charge in [-0.15, -0.1) is 0 Å². The monoisotopic (exact) mass is 391 g/mol. The second-order valence-electron chi connectivity index (χ2n) is 5.29. The van der Waals surface area contributed by atoms with Gasteiger partial charge in [-0.05, 0) is 35.0 Å². The standard InChI is InChI=1S/C14H15BrClNO5/c1-5-11(18)12(19)13(20)14(21-5)22-8-4-17-7-3-2-6(15)10(16)9(7)8/h2-3,5,11-14,18-20H,4H2,1H3/t5-,11-,12-,13+,14+/m0/s1. The molecule has 8 heteroatoms. The van der Waals surface area contributed by atoms with Crippen molar-refractivity contribution in [1.82, 2.24) is 0 Å². The number of benzene rings is 1. The van der Waals surface area contributed by atoms with E-state index in [1.54, 1.807) is 19.1 Å². The molecule has 0 bridgehead atoms. The molecule has 2 aliphatic heterocycles. The van der Waals surface area contributed by atoms with E-state index in [4.69, 9.17) is 21.1 Å². The summed E-state index contributed by atoms with van der Waals surface area (Å²) in [6.07, 6.45) is -5.64. The highest BCUT2D eigenvalue weighted by atomic mass is 79.9. The molecular weight excluding hydrogens is 378 g/mol. The maximum Gasteiger partial charge on any atom is 0.228 e. The van der Waals surface area contributed by atoms with Crippen molar-refractivity contribution in [3.63, 3.8) is 0 Å². The van der Waals surface area contributed by atoms with Crippen LogP contribution in [0, 0.1) is 0 Å². The summed E-state index contributed by atoms with van der Waals surface area (Å²) in [4.78, 5) is 4.31. The maximum atomic E-state index is 10.0. The van der Waals surface area contributed by atoms with Crippen LogP contribution in [-0.2, 0) is 9.47 Å². The molecule has 0 spiro atoms. The zero-order chi connectivity index (χ0) is 16.0. The topological polar surface area (TPSA) is 91.5 Å². The van der Waals surface area contributed by atoms with Crippen LogP contribution in [0.2, 0.25) is 5.02 Å². The second-order valence-corrected chi connectivity index (χ2v) is 6.53. The molecule has 2 aliphatic rings. The molecule has 2 heterocycles. The van der Waals surface area contributed by atoms with E-state index in [9.17, 15) is 15.3 Å². The van der Waals surface area contributed by atoms with Crippen molar-refractivity contribution in [1.29, 1.82) is 0 Å². The first-order valence-electron chi connectivity index (χ1n) is 6.78. The van der Waals surface area contributed by atoms with Crippen molar-refractivity contribution in [2.24, 2.45) is 4.99 Å². The minimum atomic E-state index is -1.37. The third-order valence-electron chi connectivity index (χ3n) is 3.81. The van der Waals surface area contributed by atoms with Crippen LogP contribution < -0.4 is 10.6 Å². The molecule has 1 saturated heterocycles. The lowest BCUT2D eigenvalue weighted by Crippen LogP contribution is -2.57. The fraction of sp³-hybridized carbons (Fsp3) is 0.500. The van der Waals surface area contributed by atoms with Gasteiger partial charge in [0.1, 0.15) is 24.1 Å². The zero-order valence-corrected chi connectivity index (χ0v) is 14.0. The normalized spacial score (nSPS) is 34.3. The molecule has 22 heavy (non-hydrogen) atoms. The average Bonchev–Trinajstić information content (AvgIpc) is 2.90. The number of hydrogen-bond donors (Lipinski definition) is 3. The quantitative estimate of drug-likeness (QED) is 0.642. The van der Waals surface area contributed by atoms with E-state index in [0.29, 0.717) is 25.8 Å². The van der Waals surface area contributed by atoms with Crippen molar-refractivity contribution in [3.05, 3.63) is 32.2 Å². The van der Waals surface area contributed by atoms with Gasteiger partial charge in [0.2, 0.25) is 6.29 Å². The summed E-state index contributed by atoms with van der Waals surface area (Å²) in [5, 5.41) is 31.3. The molecule has 0 aliphatic carbocycles. The third-order valence-corrected chi connectivity index (χ3v) is 5.09. The molecule has 3 N–H and O–H groups in total. The second kappa shape index (κ2) is 6.07. The highest BCUT2D eigenvalue weighted by molar-refractivity contribution is 9.10. The molecule has 0 radical (unpaired) electrons. The third kappa shape index (κ3) is 2.66. The molecular formula is C14H15BrClNO5. The molecule has 5 atom stereocenters. The number of aliphatic hydroxyl groups is 3. The fourth-order valence-electron chi connectivity index (χ4n) is 2.52. The van der Waals surface area contributed by atoms with Gasteiger partial charge in [-0.3, -0.25) is 4.99 Å². The summed E-state index contributed by atoms with van der Waals surface area (Å²) in [6, 6.07) is 3.60. The van der Waals surface area contributed by atoms with Crippen molar-refractivity contribution >= 4 is 33.3 Å². The minimum Gasteiger partial charge on any atom is -0.464 e. The molecule has 1 fully saturated rings. The van der Waals surface area contributed by atoms with Crippen molar-refractivity contribution in [3.8, 4) is 0 Å². The Balaban J connectivity index is 1.94. The summed E-state index contributed by atoms with van der Waals surface area (Å²) < 4.78 is 11.8. The lowest BCUT2D eigenvalue weighted by atomic mass is 10.00. The zero-order valence-electron chi connectivity index (χ0n) is 11.6. The molecule has 0 aromatic heterocycles. The number of hydrogen-bond acceptors (Lipinski definition) is 6. The molecule has 6 nitrogen and oxygen atoms in total. The van der Waals surface area contributed by atoms with Gasteiger partial charge < -0.3 is 24.8 Å². The lowest BCUT2D eigenvalue weighted by Gasteiger charge is -2.39. The van der Waals surface area contributed by atoms with Crippen LogP contribution in [-0.4, -0.2) is 52.6 Å². The van der Waals surface area contributed by atoms with Crippen LogP contribution in [0.3, 0.4) is 0 Å². The lowest BCUT2D eigenvalue weighted by molar-refractivity contribution is -0.276. The molecule has 0 unspecified atom stereocenters. The van der Waals surface area contributed by atoms with E-state index in [-0.39, 0.29) is 6.54 Å². The Hall–Kier alpha value is -0.700. The Morgan fingerprint density at radius 1 is 1.27 bits per heavy atom. The first-order valence-corrected chi connectivity index (χ1v) is 7.95. The predicted octanol–water partition coefficient (Wildman–Crippen LogP) is -0.312. The average molecular weight is 393 g/mol. The largest absolute Gasteiger partial charge is 0.464 e. The number of aliphatic hydroxyl groups excluding tert-OH is 3. The fourth-order valence-corrected chi connectivity index (χ4v) is 3.12. The van der Waals surface area contributed by atoms with Gasteiger partial charge in [-0.25, -0.2) is 0 Å². The van der Waals surface area contributed by atoms with Crippen molar-refractivity contribution in [2.75, 3.05) is 6.54 Å². The summed E-state index contributed by atoms with van der Waals surface area (Å²) in [6.45, 7) is 1.86. The van der Waals surface area contributed by atoms with E-state index in [1.165, 1.54) is 0 Å². The Morgan fingerprint density at radius 2 is 2.00 bits per heavy atom. The molecule has 120 valence electrons. The number of fused-ring (bicyclic) bond motifs is 1. The first-order chi connectivity index (χ1) is 10.4. The van der Waals surface area contributed by atoms with Crippen LogP contribution in [0.4, 0.5) is 0 Å². The van der Waals surface area contributed by atoms with E-state index in [0.717, 1.165) is 0 Å². The van der Waals surface area contributed by atoms with Crippen LogP contribution in [0.25, 0.3) is 5.76 Å². The van der Waals surface area contributed by atoms with Gasteiger partial charge in [-0.2, -0.15) is 0 Å². The van der Waals surface area contributed by atoms with Gasteiger partial charge in [0.15, 0.2) is 0 Å². The number of halogens is 2. The Labute approximate surface area is 139 Å². The van der Waals surface area contributed by atoms with Crippen LogP contribution in [0.1, 0.15) is 6.92 Å². The number of rotatable bonds is 2. The highest BCUT2D eigenvalue weighted by Gasteiger charge is 2.43. The van der Waals surface area contributed by atoms with Gasteiger partial charge in [0.05, 0.1) is 28.2 Å². The van der Waals surface area contributed by atoms with Crippen LogP contribution in [0.15, 0.2) is 21.6 Å². The van der Waals surface area contributed by atoms with Crippen molar-refractivity contribution in [2.45, 2.75) is 37.6 Å². The van der Waals surface area contributed by atoms with E-state index in [2.05, 4.69) is 20.9 Å². The molecule has 0 amide bonds. The van der Waals surface area contributed by atoms with Gasteiger partial charge in [0, 0.05) is 4.47 Å². The highest BCUT2D eigenvalue weighted by Crippen LogP contribution is 2.25. The summed E-state index contributed by atoms with van der Waals surface area (Å²) >= 11 is 9.61. The van der Waals surface area contributed by atoms with Crippen molar-refractivity contribution < 1.29 is 24.8 Å². The van der Waals surface area contributed by atoms with Gasteiger partial charge in [-0.1, -0.05) is 11.6 Å². The van der Waals surface area contributed by atoms with E-state index < -0.39 is 30.7 Å². The van der Waals surface area contributed by atoms with Crippen LogP contribution >= 0.6 is 27.5 Å². The van der Waals surface area contributed by atoms with Gasteiger partial charge in [0.25, 0.3) is 0 Å².